The molecule has 27 heavy (non-hydrogen) atoms. The first-order valence-corrected chi connectivity index (χ1v) is 8.64. The Balaban J connectivity index is 1.94. The van der Waals surface area contributed by atoms with Crippen molar-refractivity contribution in [2.24, 2.45) is 12.0 Å². The largest absolute Gasteiger partial charge is 0.493 e. The molecule has 0 bridgehead atoms. The maximum atomic E-state index is 12.5. The molecule has 0 unspecified atom stereocenters. The Labute approximate surface area is 157 Å². The van der Waals surface area contributed by atoms with Gasteiger partial charge in [0.2, 0.25) is 0 Å². The summed E-state index contributed by atoms with van der Waals surface area (Å²) in [5.74, 6) is 0.983. The maximum absolute atomic E-state index is 12.5. The molecule has 0 saturated heterocycles. The van der Waals surface area contributed by atoms with E-state index in [0.29, 0.717) is 25.5 Å². The third-order valence-corrected chi connectivity index (χ3v) is 3.82. The van der Waals surface area contributed by atoms with Crippen LogP contribution >= 0.6 is 0 Å². The molecule has 0 saturated carbocycles. The molecule has 0 aliphatic carbocycles. The van der Waals surface area contributed by atoms with Gasteiger partial charge in [0, 0.05) is 26.3 Å². The van der Waals surface area contributed by atoms with Crippen LogP contribution < -0.4 is 20.1 Å². The van der Waals surface area contributed by atoms with Crippen molar-refractivity contribution in [2.75, 3.05) is 20.2 Å². The highest BCUT2D eigenvalue weighted by Gasteiger charge is 2.11. The lowest BCUT2D eigenvalue weighted by Gasteiger charge is -2.13. The second-order valence-corrected chi connectivity index (χ2v) is 5.68. The zero-order valence-electron chi connectivity index (χ0n) is 15.7. The Hall–Kier alpha value is -2.84. The quantitative estimate of drug-likeness (QED) is 0.515. The molecule has 0 amide bonds. The van der Waals surface area contributed by atoms with E-state index in [2.05, 4.69) is 25.5 Å². The van der Waals surface area contributed by atoms with Crippen molar-refractivity contribution in [1.29, 1.82) is 0 Å². The molecule has 148 valence electrons. The van der Waals surface area contributed by atoms with Gasteiger partial charge in [0.25, 0.3) is 0 Å². The third-order valence-electron chi connectivity index (χ3n) is 3.82. The van der Waals surface area contributed by atoms with E-state index in [9.17, 15) is 8.78 Å². The molecule has 0 aliphatic rings. The number of benzene rings is 1. The second kappa shape index (κ2) is 10.3. The topological polar surface area (TPSA) is 72.7 Å². The van der Waals surface area contributed by atoms with Crippen molar-refractivity contribution in [1.82, 2.24) is 20.4 Å². The van der Waals surface area contributed by atoms with Crippen molar-refractivity contribution in [3.63, 3.8) is 0 Å². The van der Waals surface area contributed by atoms with Gasteiger partial charge >= 0.3 is 6.61 Å². The van der Waals surface area contributed by atoms with Crippen LogP contribution in [0.3, 0.4) is 0 Å². The lowest BCUT2D eigenvalue weighted by atomic mass is 10.1. The van der Waals surface area contributed by atoms with Crippen molar-refractivity contribution in [2.45, 2.75) is 26.5 Å². The van der Waals surface area contributed by atoms with E-state index in [4.69, 9.17) is 4.74 Å². The molecule has 0 fully saturated rings. The smallest absolute Gasteiger partial charge is 0.387 e. The average Bonchev–Trinajstić information content (AvgIpc) is 3.04. The Kier molecular flexibility index (Phi) is 7.84. The van der Waals surface area contributed by atoms with Crippen LogP contribution in [0.4, 0.5) is 8.78 Å². The van der Waals surface area contributed by atoms with Crippen LogP contribution in [0.1, 0.15) is 18.2 Å². The molecule has 2 rings (SSSR count). The summed E-state index contributed by atoms with van der Waals surface area (Å²) in [6.07, 6.45) is 2.34. The van der Waals surface area contributed by atoms with Crippen LogP contribution in [0.15, 0.2) is 35.5 Å². The Morgan fingerprint density at radius 1 is 1.26 bits per heavy atom. The average molecular weight is 381 g/mol. The molecule has 7 nitrogen and oxygen atoms in total. The predicted molar refractivity (Wildman–Crippen MR) is 99.4 cm³/mol. The maximum Gasteiger partial charge on any atom is 0.387 e. The van der Waals surface area contributed by atoms with Crippen molar-refractivity contribution >= 4 is 5.96 Å². The molecule has 2 N–H and O–H groups in total. The highest BCUT2D eigenvalue weighted by atomic mass is 19.3. The number of nitrogens with zero attached hydrogens (tertiary/aromatic N) is 3. The Morgan fingerprint density at radius 2 is 2.07 bits per heavy atom. The van der Waals surface area contributed by atoms with E-state index in [1.165, 1.54) is 7.11 Å². The van der Waals surface area contributed by atoms with E-state index in [0.717, 1.165) is 17.8 Å². The first-order chi connectivity index (χ1) is 13.0. The zero-order valence-corrected chi connectivity index (χ0v) is 15.7. The number of methoxy groups -OCH3 is 1. The number of aryl methyl sites for hydroxylation is 1. The van der Waals surface area contributed by atoms with Gasteiger partial charge in [-0.25, -0.2) is 4.99 Å². The van der Waals surface area contributed by atoms with E-state index < -0.39 is 6.61 Å². The molecular formula is C18H25F2N5O2. The van der Waals surface area contributed by atoms with Gasteiger partial charge in [-0.3, -0.25) is 4.68 Å². The molecule has 2 aromatic rings. The molecule has 1 heterocycles. The third kappa shape index (κ3) is 6.43. The minimum atomic E-state index is -2.90. The molecular weight excluding hydrogens is 356 g/mol. The molecule has 0 spiro atoms. The fourth-order valence-electron chi connectivity index (χ4n) is 2.45. The predicted octanol–water partition coefficient (Wildman–Crippen LogP) is 2.33. The van der Waals surface area contributed by atoms with Crippen LogP contribution in [0.5, 0.6) is 11.5 Å². The van der Waals surface area contributed by atoms with Crippen LogP contribution in [-0.4, -0.2) is 42.6 Å². The number of nitrogens with one attached hydrogen (secondary N) is 2. The van der Waals surface area contributed by atoms with Gasteiger partial charge < -0.3 is 20.1 Å². The van der Waals surface area contributed by atoms with Gasteiger partial charge in [-0.2, -0.15) is 13.9 Å². The Morgan fingerprint density at radius 3 is 2.70 bits per heavy atom. The van der Waals surface area contributed by atoms with Crippen molar-refractivity contribution in [3.8, 4) is 11.5 Å². The number of hydrogen-bond acceptors (Lipinski definition) is 4. The molecule has 0 aliphatic heterocycles. The highest BCUT2D eigenvalue weighted by molar-refractivity contribution is 5.79. The van der Waals surface area contributed by atoms with Gasteiger partial charge in [-0.05, 0) is 37.1 Å². The van der Waals surface area contributed by atoms with Crippen LogP contribution in [0.2, 0.25) is 0 Å². The second-order valence-electron chi connectivity index (χ2n) is 5.68. The lowest BCUT2D eigenvalue weighted by molar-refractivity contribution is -0.0512. The summed E-state index contributed by atoms with van der Waals surface area (Å²) in [4.78, 5) is 4.52. The molecule has 1 aromatic carbocycles. The van der Waals surface area contributed by atoms with Crippen LogP contribution in [0.25, 0.3) is 0 Å². The van der Waals surface area contributed by atoms with E-state index in [-0.39, 0.29) is 11.5 Å². The number of ether oxygens (including phenoxy) is 2. The van der Waals surface area contributed by atoms with Gasteiger partial charge in [-0.1, -0.05) is 6.07 Å². The molecule has 0 radical (unpaired) electrons. The van der Waals surface area contributed by atoms with E-state index >= 15 is 0 Å². The van der Waals surface area contributed by atoms with Gasteiger partial charge in [0.15, 0.2) is 17.5 Å². The number of rotatable bonds is 9. The number of aliphatic imine (C=N–C) groups is 1. The first-order valence-electron chi connectivity index (χ1n) is 8.64. The van der Waals surface area contributed by atoms with Crippen molar-refractivity contribution < 1.29 is 18.3 Å². The van der Waals surface area contributed by atoms with E-state index in [1.54, 1.807) is 23.0 Å². The summed E-state index contributed by atoms with van der Waals surface area (Å²) in [5.41, 5.74) is 1.84. The number of aromatic nitrogens is 2. The van der Waals surface area contributed by atoms with Gasteiger partial charge in [0.1, 0.15) is 0 Å². The standard InChI is InChI=1S/C18H25F2N5O2/c1-4-21-18(23-12-14-8-10-24-25(14)2)22-9-7-13-5-6-15(26-3)16(11-13)27-17(19)20/h5-6,8,10-11,17H,4,7,9,12H2,1-3H3,(H2,21,22,23). The summed E-state index contributed by atoms with van der Waals surface area (Å²) >= 11 is 0. The zero-order chi connectivity index (χ0) is 19.6. The number of hydrogen-bond donors (Lipinski definition) is 2. The minimum absolute atomic E-state index is 0.0294. The molecule has 0 atom stereocenters. The Bertz CT molecular complexity index is 749. The number of halogens is 2. The normalized spacial score (nSPS) is 11.6. The summed E-state index contributed by atoms with van der Waals surface area (Å²) < 4.78 is 36.4. The van der Waals surface area contributed by atoms with Gasteiger partial charge in [-0.15, -0.1) is 0 Å². The lowest BCUT2D eigenvalue weighted by Crippen LogP contribution is -2.38. The summed E-state index contributed by atoms with van der Waals surface area (Å²) in [5, 5.41) is 10.5. The summed E-state index contributed by atoms with van der Waals surface area (Å²) in [6.45, 7) is 0.898. The highest BCUT2D eigenvalue weighted by Crippen LogP contribution is 2.29. The first kappa shape index (κ1) is 20.5. The van der Waals surface area contributed by atoms with Crippen LogP contribution in [0, 0.1) is 0 Å². The SMILES string of the molecule is CCNC(=NCc1ccnn1C)NCCc1ccc(OC)c(OC(F)F)c1. The number of alkyl halides is 2. The van der Waals surface area contributed by atoms with Crippen molar-refractivity contribution in [3.05, 3.63) is 41.7 Å². The molecule has 1 aromatic heterocycles. The summed E-state index contributed by atoms with van der Waals surface area (Å²) in [7, 11) is 3.28. The minimum Gasteiger partial charge on any atom is -0.493 e. The van der Waals surface area contributed by atoms with E-state index in [1.807, 2.05) is 26.1 Å². The number of guanidine groups is 1. The fraction of sp³-hybridized carbons (Fsp3) is 0.444. The van der Waals surface area contributed by atoms with Gasteiger partial charge in [0.05, 0.1) is 19.3 Å². The molecule has 9 heteroatoms. The monoisotopic (exact) mass is 381 g/mol. The summed E-state index contributed by atoms with van der Waals surface area (Å²) in [6, 6.07) is 6.91. The van der Waals surface area contributed by atoms with Crippen LogP contribution in [-0.2, 0) is 20.0 Å². The fourth-order valence-corrected chi connectivity index (χ4v) is 2.45.